The molecule has 2 rings (SSSR count). The molecular weight excluding hydrogens is 584 g/mol. The summed E-state index contributed by atoms with van der Waals surface area (Å²) in [5.41, 5.74) is 7.25. The van der Waals surface area contributed by atoms with Crippen LogP contribution in [0.4, 0.5) is 9.59 Å². The van der Waals surface area contributed by atoms with E-state index in [9.17, 15) is 9.59 Å². The minimum Gasteiger partial charge on any atom is -0.410 e. The number of carbonyl (C=O) groups is 2. The highest BCUT2D eigenvalue weighted by molar-refractivity contribution is 5.71. The van der Waals surface area contributed by atoms with E-state index in [-0.39, 0.29) is 10.8 Å². The van der Waals surface area contributed by atoms with E-state index in [4.69, 9.17) is 19.1 Å². The van der Waals surface area contributed by atoms with Crippen molar-refractivity contribution in [3.8, 4) is 23.0 Å². The maximum atomic E-state index is 12.5. The molecular formula is C36H58N4O6. The summed E-state index contributed by atoms with van der Waals surface area (Å²) in [4.78, 5) is 36.3. The van der Waals surface area contributed by atoms with E-state index in [1.54, 1.807) is 24.3 Å². The molecule has 0 atom stereocenters. The predicted octanol–water partition coefficient (Wildman–Crippen LogP) is 8.09. The van der Waals surface area contributed by atoms with Crippen LogP contribution in [0.1, 0.15) is 118 Å². The zero-order valence-electron chi connectivity index (χ0n) is 29.4. The van der Waals surface area contributed by atoms with Crippen molar-refractivity contribution in [1.29, 1.82) is 0 Å². The Morgan fingerprint density at radius 3 is 1.30 bits per heavy atom. The lowest BCUT2D eigenvalue weighted by Crippen LogP contribution is -2.29. The van der Waals surface area contributed by atoms with E-state index in [1.165, 1.54) is 0 Å². The fourth-order valence-electron chi connectivity index (χ4n) is 4.52. The summed E-state index contributed by atoms with van der Waals surface area (Å²) >= 11 is 0. The standard InChI is InChI=1S/C36H58N4O6/c1-9-11-23-39-45-27-17-19-31(29(25-27)35(3,4)5)43-33(41)37-21-15-13-14-16-22-38-34(42)44-32-20-18-28(46-40-24-12-10-2)26-30(32)36(6,7)8/h17-20,25-26,39-40H,9-16,21-24H2,1-8H3,(H,37,41)(H,38,42). The van der Waals surface area contributed by atoms with Gasteiger partial charge >= 0.3 is 12.2 Å². The van der Waals surface area contributed by atoms with Crippen molar-refractivity contribution >= 4 is 12.2 Å². The lowest BCUT2D eigenvalue weighted by atomic mass is 9.86. The molecule has 2 aromatic rings. The Morgan fingerprint density at radius 1 is 0.565 bits per heavy atom. The van der Waals surface area contributed by atoms with Gasteiger partial charge in [-0.05, 0) is 72.9 Å². The molecule has 0 saturated carbocycles. The quantitative estimate of drug-likeness (QED) is 0.0897. The normalized spacial score (nSPS) is 11.6. The molecule has 10 heteroatoms. The molecule has 0 bridgehead atoms. The molecule has 0 spiro atoms. The van der Waals surface area contributed by atoms with Crippen molar-refractivity contribution in [2.45, 2.75) is 118 Å². The van der Waals surface area contributed by atoms with Crippen LogP contribution in [0.5, 0.6) is 23.0 Å². The molecule has 2 aromatic carbocycles. The minimum atomic E-state index is -0.480. The van der Waals surface area contributed by atoms with E-state index in [1.807, 2.05) is 12.1 Å². The van der Waals surface area contributed by atoms with Crippen LogP contribution in [0.25, 0.3) is 0 Å². The fraction of sp³-hybridized carbons (Fsp3) is 0.611. The average molecular weight is 643 g/mol. The van der Waals surface area contributed by atoms with Crippen LogP contribution < -0.4 is 40.7 Å². The van der Waals surface area contributed by atoms with Crippen LogP contribution in [0.15, 0.2) is 36.4 Å². The Morgan fingerprint density at radius 2 is 0.957 bits per heavy atom. The molecule has 0 unspecified atom stereocenters. The van der Waals surface area contributed by atoms with Gasteiger partial charge in [0.2, 0.25) is 0 Å². The largest absolute Gasteiger partial charge is 0.412 e. The highest BCUT2D eigenvalue weighted by Crippen LogP contribution is 2.35. The summed E-state index contributed by atoms with van der Waals surface area (Å²) < 4.78 is 11.3. The molecule has 0 aliphatic heterocycles. The molecule has 0 aliphatic rings. The van der Waals surface area contributed by atoms with E-state index in [0.29, 0.717) is 36.1 Å². The van der Waals surface area contributed by atoms with Crippen LogP contribution in [-0.2, 0) is 10.8 Å². The van der Waals surface area contributed by atoms with Gasteiger partial charge in [-0.25, -0.2) is 9.59 Å². The number of hydrogen-bond acceptors (Lipinski definition) is 8. The molecule has 46 heavy (non-hydrogen) atoms. The number of hydrogen-bond donors (Lipinski definition) is 4. The van der Waals surface area contributed by atoms with Crippen molar-refractivity contribution in [2.24, 2.45) is 0 Å². The van der Waals surface area contributed by atoms with Gasteiger partial charge in [0.15, 0.2) is 0 Å². The van der Waals surface area contributed by atoms with Crippen LogP contribution in [-0.4, -0.2) is 38.4 Å². The molecule has 0 aliphatic carbocycles. The summed E-state index contributed by atoms with van der Waals surface area (Å²) in [5.74, 6) is 2.40. The van der Waals surface area contributed by atoms with Crippen molar-refractivity contribution < 1.29 is 28.7 Å². The molecule has 0 saturated heterocycles. The van der Waals surface area contributed by atoms with E-state index >= 15 is 0 Å². The highest BCUT2D eigenvalue weighted by atomic mass is 16.6. The van der Waals surface area contributed by atoms with Gasteiger partial charge in [0.05, 0.1) is 0 Å². The van der Waals surface area contributed by atoms with Crippen molar-refractivity contribution in [3.63, 3.8) is 0 Å². The first-order chi connectivity index (χ1) is 21.8. The predicted molar refractivity (Wildman–Crippen MR) is 184 cm³/mol. The first-order valence-electron chi connectivity index (χ1n) is 16.8. The van der Waals surface area contributed by atoms with Crippen molar-refractivity contribution in [1.82, 2.24) is 21.6 Å². The van der Waals surface area contributed by atoms with E-state index in [2.05, 4.69) is 77.0 Å². The van der Waals surface area contributed by atoms with Crippen LogP contribution >= 0.6 is 0 Å². The van der Waals surface area contributed by atoms with Gasteiger partial charge in [-0.1, -0.05) is 81.1 Å². The number of unbranched alkanes of at least 4 members (excludes halogenated alkanes) is 5. The zero-order valence-corrected chi connectivity index (χ0v) is 29.4. The number of amides is 2. The first-order valence-corrected chi connectivity index (χ1v) is 16.8. The van der Waals surface area contributed by atoms with Crippen molar-refractivity contribution in [2.75, 3.05) is 26.2 Å². The van der Waals surface area contributed by atoms with Crippen molar-refractivity contribution in [3.05, 3.63) is 47.5 Å². The summed E-state index contributed by atoms with van der Waals surface area (Å²) in [7, 11) is 0. The second-order valence-corrected chi connectivity index (χ2v) is 13.6. The Kier molecular flexibility index (Phi) is 16.7. The monoisotopic (exact) mass is 642 g/mol. The topological polar surface area (TPSA) is 119 Å². The van der Waals surface area contributed by atoms with Gasteiger partial charge in [0.25, 0.3) is 0 Å². The molecule has 0 fully saturated rings. The molecule has 0 heterocycles. The minimum absolute atomic E-state index is 0.238. The zero-order chi connectivity index (χ0) is 34.0. The number of rotatable bonds is 19. The van der Waals surface area contributed by atoms with Gasteiger partial charge < -0.3 is 29.8 Å². The average Bonchev–Trinajstić information content (AvgIpc) is 2.99. The second-order valence-electron chi connectivity index (χ2n) is 13.6. The molecule has 4 N–H and O–H groups in total. The summed E-state index contributed by atoms with van der Waals surface area (Å²) in [6.45, 7) is 19.2. The van der Waals surface area contributed by atoms with Crippen LogP contribution in [0.2, 0.25) is 0 Å². The third-order valence-corrected chi connectivity index (χ3v) is 7.21. The number of nitrogens with one attached hydrogen (secondary N) is 4. The number of carbonyl (C=O) groups excluding carboxylic acids is 2. The van der Waals surface area contributed by atoms with Gasteiger partial charge in [-0.3, -0.25) is 0 Å². The number of benzene rings is 2. The number of hydroxylamine groups is 2. The lowest BCUT2D eigenvalue weighted by molar-refractivity contribution is 0.191. The maximum absolute atomic E-state index is 12.5. The smallest absolute Gasteiger partial charge is 0.410 e. The SMILES string of the molecule is CCCCNOc1ccc(OC(=O)NCCCCCCNC(=O)Oc2ccc(ONCCCC)cc2C(C)(C)C)c(C(C)(C)C)c1. The third kappa shape index (κ3) is 14.7. The van der Waals surface area contributed by atoms with Crippen LogP contribution in [0, 0.1) is 0 Å². The molecule has 258 valence electrons. The number of ether oxygens (including phenoxy) is 2. The van der Waals surface area contributed by atoms with E-state index in [0.717, 1.165) is 75.6 Å². The molecule has 0 radical (unpaired) electrons. The van der Waals surface area contributed by atoms with Gasteiger partial charge in [-0.15, -0.1) is 0 Å². The van der Waals surface area contributed by atoms with Gasteiger partial charge in [0, 0.05) is 37.3 Å². The molecule has 2 amide bonds. The highest BCUT2D eigenvalue weighted by Gasteiger charge is 2.23. The fourth-order valence-corrected chi connectivity index (χ4v) is 4.52. The Balaban J connectivity index is 1.70. The van der Waals surface area contributed by atoms with Crippen LogP contribution in [0.3, 0.4) is 0 Å². The second kappa shape index (κ2) is 19.9. The first kappa shape index (κ1) is 38.7. The molecule has 0 aromatic heterocycles. The van der Waals surface area contributed by atoms with E-state index < -0.39 is 12.2 Å². The summed E-state index contributed by atoms with van der Waals surface area (Å²) in [6, 6.07) is 11.0. The summed E-state index contributed by atoms with van der Waals surface area (Å²) in [5, 5.41) is 5.68. The van der Waals surface area contributed by atoms with Gasteiger partial charge in [-0.2, -0.15) is 11.0 Å². The van der Waals surface area contributed by atoms with Gasteiger partial charge in [0.1, 0.15) is 23.0 Å². The third-order valence-electron chi connectivity index (χ3n) is 7.21. The Hall–Kier alpha value is -3.50. The summed E-state index contributed by atoms with van der Waals surface area (Å²) in [6.07, 6.45) is 6.69. The Bertz CT molecular complexity index is 1110. The maximum Gasteiger partial charge on any atom is 0.412 e. The molecule has 10 nitrogen and oxygen atoms in total. The Labute approximate surface area is 276 Å². The lowest BCUT2D eigenvalue weighted by Gasteiger charge is -2.23.